The molecule has 2 amide bonds. The molecule has 4 aromatic heterocycles. The number of halogens is 3. The maximum atomic E-state index is 15.6. The number of carbonyl (C=O) groups excluding carboxylic acids is 2. The molecule has 1 N–H and O–H groups in total. The Morgan fingerprint density at radius 1 is 0.841 bits per heavy atom. The molecule has 8 heterocycles. The van der Waals surface area contributed by atoms with Crippen LogP contribution in [0.15, 0.2) is 54.7 Å². The molecule has 3 saturated heterocycles. The molecule has 6 bridgehead atoms. The molecule has 2 aromatic carbocycles. The number of methoxy groups -OCH3 is 1. The Labute approximate surface area is 359 Å². The van der Waals surface area contributed by atoms with E-state index in [-0.39, 0.29) is 66.8 Å². The van der Waals surface area contributed by atoms with Crippen molar-refractivity contribution in [2.75, 3.05) is 68.7 Å². The Hall–Kier alpha value is -6.34. The van der Waals surface area contributed by atoms with E-state index in [1.54, 1.807) is 19.1 Å². The van der Waals surface area contributed by atoms with Crippen LogP contribution in [0.3, 0.4) is 0 Å². The summed E-state index contributed by atoms with van der Waals surface area (Å²) in [6, 6.07) is 9.97. The monoisotopic (exact) mass is 862 g/mol. The molecule has 0 unspecified atom stereocenters. The zero-order valence-corrected chi connectivity index (χ0v) is 34.9. The Balaban J connectivity index is 1.05. The van der Waals surface area contributed by atoms with Crippen molar-refractivity contribution >= 4 is 51.5 Å². The molecule has 5 atom stereocenters. The second-order valence-electron chi connectivity index (χ2n) is 17.4. The van der Waals surface area contributed by atoms with E-state index >= 15 is 8.78 Å². The molecule has 4 aliphatic heterocycles. The molecule has 19 heteroatoms. The standard InChI is InChI=1S/C44H45F3N12O4/c1-23-49-34-13-26(46)11-30-33-5-4-6-38(51-33)50-27-14-36(42(60)54(2)19-29(62-3)20-55(23)39(30)34)57(18-27)40-31-15-48-59(35-10-7-25(45)12-32(35)47)41(31)53-44(52-40)58-17-24-16-56(28-8-9-28)43(61)37(58)22-63-21-24/h4-7,10-13,15,24,27-29,36-37H,8-9,14,16-22H2,1-3H3,(H,50,51)/t24-,27+,29+,36+,37-/m1/s1. The van der Waals surface area contributed by atoms with Gasteiger partial charge in [-0.1, -0.05) is 6.07 Å². The van der Waals surface area contributed by atoms with Gasteiger partial charge in [-0.15, -0.1) is 0 Å². The lowest BCUT2D eigenvalue weighted by Crippen LogP contribution is -2.50. The van der Waals surface area contributed by atoms with E-state index in [0.29, 0.717) is 77.8 Å². The van der Waals surface area contributed by atoms with Crippen molar-refractivity contribution in [3.8, 4) is 16.9 Å². The number of benzene rings is 2. The van der Waals surface area contributed by atoms with Gasteiger partial charge in [0.05, 0.1) is 54.2 Å². The lowest BCUT2D eigenvalue weighted by Gasteiger charge is -2.32. The molecular weight excluding hydrogens is 818 g/mol. The minimum Gasteiger partial charge on any atom is -0.378 e. The van der Waals surface area contributed by atoms with Gasteiger partial charge < -0.3 is 39.0 Å². The number of nitrogens with one attached hydrogen (secondary N) is 1. The number of aromatic nitrogens is 7. The average molecular weight is 863 g/mol. The summed E-state index contributed by atoms with van der Waals surface area (Å²) in [6.07, 6.45) is 3.28. The molecule has 63 heavy (non-hydrogen) atoms. The van der Waals surface area contributed by atoms with Crippen LogP contribution in [0.5, 0.6) is 0 Å². The minimum atomic E-state index is -0.844. The van der Waals surface area contributed by atoms with Gasteiger partial charge in [0.1, 0.15) is 46.9 Å². The van der Waals surface area contributed by atoms with Crippen LogP contribution in [0.2, 0.25) is 0 Å². The highest BCUT2D eigenvalue weighted by Crippen LogP contribution is 2.38. The fourth-order valence-electron chi connectivity index (χ4n) is 9.88. The van der Waals surface area contributed by atoms with E-state index in [9.17, 15) is 14.0 Å². The van der Waals surface area contributed by atoms with Crippen molar-refractivity contribution in [2.45, 2.75) is 63.0 Å². The summed E-state index contributed by atoms with van der Waals surface area (Å²) in [6.45, 7) is 4.23. The molecule has 4 fully saturated rings. The van der Waals surface area contributed by atoms with Crippen molar-refractivity contribution in [2.24, 2.45) is 5.92 Å². The van der Waals surface area contributed by atoms with Gasteiger partial charge in [0.15, 0.2) is 11.5 Å². The van der Waals surface area contributed by atoms with E-state index in [4.69, 9.17) is 29.4 Å². The van der Waals surface area contributed by atoms with Crippen LogP contribution in [0.4, 0.5) is 30.8 Å². The summed E-state index contributed by atoms with van der Waals surface area (Å²) in [5, 5.41) is 8.55. The number of anilines is 3. The summed E-state index contributed by atoms with van der Waals surface area (Å²) in [5.41, 5.74) is 2.49. The molecule has 1 saturated carbocycles. The number of carbonyl (C=O) groups is 2. The molecule has 0 spiro atoms. The van der Waals surface area contributed by atoms with Crippen LogP contribution < -0.4 is 15.1 Å². The smallest absolute Gasteiger partial charge is 0.248 e. The predicted molar refractivity (Wildman–Crippen MR) is 226 cm³/mol. The molecule has 0 radical (unpaired) electrons. The molecule has 5 aliphatic rings. The largest absolute Gasteiger partial charge is 0.378 e. The van der Waals surface area contributed by atoms with Crippen molar-refractivity contribution in [3.05, 3.63) is 78.0 Å². The third-order valence-electron chi connectivity index (χ3n) is 13.1. The Morgan fingerprint density at radius 2 is 1.68 bits per heavy atom. The second-order valence-corrected chi connectivity index (χ2v) is 17.4. The Kier molecular flexibility index (Phi) is 9.52. The minimum absolute atomic E-state index is 0.0258. The van der Waals surface area contributed by atoms with E-state index in [0.717, 1.165) is 25.0 Å². The third kappa shape index (κ3) is 6.88. The zero-order chi connectivity index (χ0) is 43.3. The number of rotatable bonds is 5. The summed E-state index contributed by atoms with van der Waals surface area (Å²) < 4.78 is 60.4. The first-order valence-electron chi connectivity index (χ1n) is 21.3. The van der Waals surface area contributed by atoms with Gasteiger partial charge in [-0.2, -0.15) is 15.1 Å². The highest BCUT2D eigenvalue weighted by molar-refractivity contribution is 5.95. The average Bonchev–Trinajstić information content (AvgIpc) is 3.88. The van der Waals surface area contributed by atoms with Gasteiger partial charge in [0, 0.05) is 76.0 Å². The lowest BCUT2D eigenvalue weighted by molar-refractivity contribution is -0.136. The van der Waals surface area contributed by atoms with Crippen molar-refractivity contribution in [1.82, 2.24) is 44.1 Å². The van der Waals surface area contributed by atoms with Crippen LogP contribution >= 0.6 is 0 Å². The van der Waals surface area contributed by atoms with E-state index in [2.05, 4.69) is 10.4 Å². The molecule has 326 valence electrons. The number of likely N-dealkylation sites (N-methyl/N-ethyl adjacent to an activating group) is 1. The van der Waals surface area contributed by atoms with Crippen LogP contribution in [0, 0.1) is 30.3 Å². The number of aryl methyl sites for hydroxylation is 1. The second kappa shape index (κ2) is 15.2. The summed E-state index contributed by atoms with van der Waals surface area (Å²) in [5.74, 6) is -0.576. The number of hydrogen-bond acceptors (Lipinski definition) is 12. The normalized spacial score (nSPS) is 24.2. The number of amides is 2. The first kappa shape index (κ1) is 39.5. The van der Waals surface area contributed by atoms with Gasteiger partial charge >= 0.3 is 0 Å². The van der Waals surface area contributed by atoms with Crippen LogP contribution in [-0.2, 0) is 25.6 Å². The number of hydrogen-bond donors (Lipinski definition) is 1. The van der Waals surface area contributed by atoms with Gasteiger partial charge in [-0.3, -0.25) is 9.59 Å². The number of pyridine rings is 1. The van der Waals surface area contributed by atoms with Crippen molar-refractivity contribution in [3.63, 3.8) is 0 Å². The van der Waals surface area contributed by atoms with Crippen LogP contribution in [0.25, 0.3) is 39.0 Å². The molecule has 11 rings (SSSR count). The molecular formula is C44H45F3N12O4. The van der Waals surface area contributed by atoms with Gasteiger partial charge in [0.2, 0.25) is 17.8 Å². The summed E-state index contributed by atoms with van der Waals surface area (Å²) >= 11 is 0. The first-order chi connectivity index (χ1) is 30.5. The topological polar surface area (TPSA) is 152 Å². The molecule has 16 nitrogen and oxygen atoms in total. The van der Waals surface area contributed by atoms with E-state index < -0.39 is 35.6 Å². The maximum absolute atomic E-state index is 15.6. The van der Waals surface area contributed by atoms with Crippen molar-refractivity contribution < 1.29 is 32.2 Å². The van der Waals surface area contributed by atoms with Gasteiger partial charge in [-0.25, -0.2) is 27.8 Å². The maximum Gasteiger partial charge on any atom is 0.248 e. The van der Waals surface area contributed by atoms with E-state index in [1.807, 2.05) is 44.4 Å². The lowest BCUT2D eigenvalue weighted by atomic mass is 10.1. The van der Waals surface area contributed by atoms with Gasteiger partial charge in [0.25, 0.3) is 0 Å². The number of nitrogens with zero attached hydrogens (tertiary/aromatic N) is 11. The fraction of sp³-hybridized carbons (Fsp3) is 0.432. The zero-order valence-electron chi connectivity index (χ0n) is 34.9. The highest BCUT2D eigenvalue weighted by atomic mass is 19.1. The Bertz CT molecular complexity index is 2810. The van der Waals surface area contributed by atoms with E-state index in [1.165, 1.54) is 29.1 Å². The number of ether oxygens (including phenoxy) is 2. The fourth-order valence-corrected chi connectivity index (χ4v) is 9.88. The SMILES string of the molecule is CO[C@H]1CN(C)C(=O)[C@@H]2C[C@@H](CN2c2nc(N3C[C@@H]4COC[C@@H]3C(=O)N(C3CC3)C4)nc3c2cnn3-c2ccc(F)cc2F)Nc2cccc(n2)-c2cc(F)cc3nc(C)n(c23)C1. The number of imidazole rings is 1. The third-order valence-corrected chi connectivity index (χ3v) is 13.1. The van der Waals surface area contributed by atoms with Crippen LogP contribution in [0.1, 0.15) is 25.1 Å². The van der Waals surface area contributed by atoms with Gasteiger partial charge in [-0.05, 0) is 56.5 Å². The summed E-state index contributed by atoms with van der Waals surface area (Å²) in [7, 11) is 3.33. The predicted octanol–water partition coefficient (Wildman–Crippen LogP) is 4.33. The van der Waals surface area contributed by atoms with Crippen molar-refractivity contribution in [1.29, 1.82) is 0 Å². The quantitative estimate of drug-likeness (QED) is 0.263. The highest BCUT2D eigenvalue weighted by Gasteiger charge is 2.46. The Morgan fingerprint density at radius 3 is 2.49 bits per heavy atom. The molecule has 6 aromatic rings. The van der Waals surface area contributed by atoms with Crippen LogP contribution in [-0.4, -0.2) is 140 Å². The molecule has 1 aliphatic carbocycles. The summed E-state index contributed by atoms with van der Waals surface area (Å²) in [4.78, 5) is 56.5. The number of fused-ring (bicyclic) bond motifs is 9. The first-order valence-corrected chi connectivity index (χ1v) is 21.3.